The lowest BCUT2D eigenvalue weighted by Crippen LogP contribution is -2.33. The summed E-state index contributed by atoms with van der Waals surface area (Å²) >= 11 is 0. The number of hydrogen-bond acceptors (Lipinski definition) is 3. The van der Waals surface area contributed by atoms with Crippen molar-refractivity contribution in [1.82, 2.24) is 19.7 Å². The van der Waals surface area contributed by atoms with Crippen LogP contribution in [0.1, 0.15) is 49.7 Å². The van der Waals surface area contributed by atoms with Gasteiger partial charge in [0, 0.05) is 36.3 Å². The van der Waals surface area contributed by atoms with Crippen molar-refractivity contribution in [2.24, 2.45) is 0 Å². The number of pyridine rings is 1. The van der Waals surface area contributed by atoms with Gasteiger partial charge in [0.2, 0.25) is 0 Å². The third kappa shape index (κ3) is 3.21. The van der Waals surface area contributed by atoms with Crippen molar-refractivity contribution in [1.29, 1.82) is 0 Å². The molecular weight excluding hydrogens is 324 g/mol. The smallest absolute Gasteiger partial charge is 0.254 e. The molecule has 0 atom stereocenters. The van der Waals surface area contributed by atoms with Gasteiger partial charge in [0.15, 0.2) is 0 Å². The molecule has 0 radical (unpaired) electrons. The molecule has 0 bridgehead atoms. The number of hydrogen-bond donors (Lipinski definition) is 0. The van der Waals surface area contributed by atoms with E-state index in [2.05, 4.69) is 18.9 Å². The van der Waals surface area contributed by atoms with Crippen LogP contribution in [0, 0.1) is 6.92 Å². The molecule has 0 fully saturated rings. The highest BCUT2D eigenvalue weighted by Gasteiger charge is 2.20. The second kappa shape index (κ2) is 6.90. The van der Waals surface area contributed by atoms with Crippen LogP contribution in [0.15, 0.2) is 36.7 Å². The maximum atomic E-state index is 13.1. The van der Waals surface area contributed by atoms with Gasteiger partial charge >= 0.3 is 0 Å². The fourth-order valence-corrected chi connectivity index (χ4v) is 2.89. The molecule has 0 spiro atoms. The third-order valence-corrected chi connectivity index (χ3v) is 4.79. The lowest BCUT2D eigenvalue weighted by molar-refractivity contribution is 0.0757. The van der Waals surface area contributed by atoms with Gasteiger partial charge < -0.3 is 4.90 Å². The van der Waals surface area contributed by atoms with Crippen molar-refractivity contribution in [3.8, 4) is 11.3 Å². The van der Waals surface area contributed by atoms with E-state index in [1.54, 1.807) is 4.90 Å². The minimum atomic E-state index is 0.00972. The Hall–Kier alpha value is -2.69. The van der Waals surface area contributed by atoms with Gasteiger partial charge in [-0.1, -0.05) is 18.2 Å². The molecule has 5 nitrogen and oxygen atoms in total. The first-order valence-corrected chi connectivity index (χ1v) is 9.01. The molecule has 0 aliphatic carbocycles. The van der Waals surface area contributed by atoms with Gasteiger partial charge in [-0.05, 0) is 46.2 Å². The molecule has 2 aromatic heterocycles. The number of aromatic nitrogens is 3. The van der Waals surface area contributed by atoms with Crippen LogP contribution in [0.4, 0.5) is 0 Å². The number of rotatable bonds is 4. The van der Waals surface area contributed by atoms with Gasteiger partial charge in [0.25, 0.3) is 5.91 Å². The van der Waals surface area contributed by atoms with Crippen molar-refractivity contribution in [3.05, 3.63) is 47.8 Å². The Morgan fingerprint density at radius 1 is 1.19 bits per heavy atom. The van der Waals surface area contributed by atoms with Crippen molar-refractivity contribution >= 4 is 16.8 Å². The number of nitrogens with zero attached hydrogens (tertiary/aromatic N) is 4. The monoisotopic (exact) mass is 350 g/mol. The topological polar surface area (TPSA) is 51.0 Å². The number of aryl methyl sites for hydroxylation is 1. The van der Waals surface area contributed by atoms with E-state index in [1.807, 2.05) is 69.2 Å². The molecule has 0 aliphatic heterocycles. The molecule has 0 aliphatic rings. The predicted molar refractivity (Wildman–Crippen MR) is 105 cm³/mol. The van der Waals surface area contributed by atoms with E-state index in [9.17, 15) is 4.79 Å². The van der Waals surface area contributed by atoms with Crippen LogP contribution in [-0.2, 0) is 0 Å². The summed E-state index contributed by atoms with van der Waals surface area (Å²) in [6.45, 7) is 10.2. The molecule has 2 heterocycles. The lowest BCUT2D eigenvalue weighted by Gasteiger charge is -2.22. The van der Waals surface area contributed by atoms with E-state index in [4.69, 9.17) is 4.98 Å². The first-order valence-electron chi connectivity index (χ1n) is 9.01. The maximum absolute atomic E-state index is 13.1. The number of benzene rings is 1. The summed E-state index contributed by atoms with van der Waals surface area (Å²) in [5.41, 5.74) is 4.30. The van der Waals surface area contributed by atoms with Gasteiger partial charge in [-0.25, -0.2) is 4.98 Å². The number of amides is 1. The van der Waals surface area contributed by atoms with Crippen LogP contribution in [-0.4, -0.2) is 38.7 Å². The van der Waals surface area contributed by atoms with E-state index < -0.39 is 0 Å². The Morgan fingerprint density at radius 3 is 2.54 bits per heavy atom. The van der Waals surface area contributed by atoms with Gasteiger partial charge in [0.1, 0.15) is 0 Å². The largest absolute Gasteiger partial charge is 0.339 e. The zero-order valence-corrected chi connectivity index (χ0v) is 16.3. The highest BCUT2D eigenvalue weighted by atomic mass is 16.2. The lowest BCUT2D eigenvalue weighted by atomic mass is 10.0. The molecule has 0 saturated heterocycles. The summed E-state index contributed by atoms with van der Waals surface area (Å²) < 4.78 is 1.90. The Labute approximate surface area is 154 Å². The Bertz CT molecular complexity index is 956. The third-order valence-electron chi connectivity index (χ3n) is 4.79. The normalized spacial score (nSPS) is 11.5. The summed E-state index contributed by atoms with van der Waals surface area (Å²) in [7, 11) is 1.84. The molecule has 136 valence electrons. The molecule has 0 unspecified atom stereocenters. The second-order valence-electron chi connectivity index (χ2n) is 7.34. The quantitative estimate of drug-likeness (QED) is 0.698. The maximum Gasteiger partial charge on any atom is 0.254 e. The first kappa shape index (κ1) is 18.1. The van der Waals surface area contributed by atoms with Crippen LogP contribution in [0.5, 0.6) is 0 Å². The van der Waals surface area contributed by atoms with Gasteiger partial charge in [-0.2, -0.15) is 5.10 Å². The van der Waals surface area contributed by atoms with Gasteiger partial charge in [0.05, 0.1) is 23.0 Å². The van der Waals surface area contributed by atoms with Gasteiger partial charge in [-0.3, -0.25) is 9.48 Å². The second-order valence-corrected chi connectivity index (χ2v) is 7.34. The number of carbonyl (C=O) groups excluding carboxylic acids is 1. The molecule has 3 aromatic rings. The Kier molecular flexibility index (Phi) is 4.81. The highest BCUT2D eigenvalue weighted by Crippen LogP contribution is 2.28. The molecule has 0 N–H and O–H groups in total. The predicted octanol–water partition coefficient (Wildman–Crippen LogP) is 4.47. The van der Waals surface area contributed by atoms with Crippen LogP contribution in [0.2, 0.25) is 0 Å². The molecular formula is C21H26N4O. The molecule has 26 heavy (non-hydrogen) atoms. The molecule has 1 aromatic carbocycles. The fourth-order valence-electron chi connectivity index (χ4n) is 2.89. The van der Waals surface area contributed by atoms with Crippen LogP contribution < -0.4 is 0 Å². The van der Waals surface area contributed by atoms with E-state index in [0.717, 1.165) is 27.7 Å². The zero-order chi connectivity index (χ0) is 19.0. The average Bonchev–Trinajstić information content (AvgIpc) is 3.10. The minimum Gasteiger partial charge on any atom is -0.339 e. The molecule has 0 saturated carbocycles. The van der Waals surface area contributed by atoms with Crippen LogP contribution in [0.25, 0.3) is 22.2 Å². The van der Waals surface area contributed by atoms with Crippen molar-refractivity contribution in [2.45, 2.75) is 46.7 Å². The number of para-hydroxylation sites is 1. The SMILES string of the molecule is Cc1cccc2c(C(=O)N(C)C(C)C)cc(-c3cnn(C(C)C)c3)nc12. The minimum absolute atomic E-state index is 0.00972. The summed E-state index contributed by atoms with van der Waals surface area (Å²) in [5.74, 6) is 0.00972. The Morgan fingerprint density at radius 2 is 1.92 bits per heavy atom. The van der Waals surface area contributed by atoms with E-state index in [-0.39, 0.29) is 18.0 Å². The van der Waals surface area contributed by atoms with Crippen molar-refractivity contribution in [3.63, 3.8) is 0 Å². The summed E-state index contributed by atoms with van der Waals surface area (Å²) in [6.07, 6.45) is 3.80. The van der Waals surface area contributed by atoms with E-state index >= 15 is 0 Å². The van der Waals surface area contributed by atoms with Gasteiger partial charge in [-0.15, -0.1) is 0 Å². The summed E-state index contributed by atoms with van der Waals surface area (Å²) in [6, 6.07) is 8.27. The molecule has 3 rings (SSSR count). The average molecular weight is 350 g/mol. The summed E-state index contributed by atoms with van der Waals surface area (Å²) in [5, 5.41) is 5.30. The number of fused-ring (bicyclic) bond motifs is 1. The highest BCUT2D eigenvalue weighted by molar-refractivity contribution is 6.07. The number of carbonyl (C=O) groups is 1. The van der Waals surface area contributed by atoms with Crippen molar-refractivity contribution < 1.29 is 4.79 Å². The fraction of sp³-hybridized carbons (Fsp3) is 0.381. The summed E-state index contributed by atoms with van der Waals surface area (Å²) in [4.78, 5) is 19.7. The standard InChI is InChI=1S/C21H26N4O/c1-13(2)24(6)21(26)18-10-19(16-11-22-25(12-16)14(3)4)23-20-15(5)8-7-9-17(18)20/h7-14H,1-6H3. The Balaban J connectivity index is 2.22. The van der Waals surface area contributed by atoms with E-state index in [0.29, 0.717) is 5.56 Å². The first-order chi connectivity index (χ1) is 12.3. The molecule has 1 amide bonds. The zero-order valence-electron chi connectivity index (χ0n) is 16.3. The van der Waals surface area contributed by atoms with Crippen molar-refractivity contribution in [2.75, 3.05) is 7.05 Å². The molecule has 5 heteroatoms. The van der Waals surface area contributed by atoms with E-state index in [1.165, 1.54) is 0 Å². The van der Waals surface area contributed by atoms with Crippen LogP contribution in [0.3, 0.4) is 0 Å². The van der Waals surface area contributed by atoms with Crippen LogP contribution >= 0.6 is 0 Å².